The van der Waals surface area contributed by atoms with Crippen molar-refractivity contribution >= 4 is 11.9 Å². The quantitative estimate of drug-likeness (QED) is 0.663. The largest absolute Gasteiger partial charge is 0.468 e. The highest BCUT2D eigenvalue weighted by molar-refractivity contribution is 5.82. The smallest absolute Gasteiger partial charge is 0.325 e. The van der Waals surface area contributed by atoms with Gasteiger partial charge in [0.15, 0.2) is 0 Å². The van der Waals surface area contributed by atoms with Gasteiger partial charge in [0, 0.05) is 6.04 Å². The highest BCUT2D eigenvalue weighted by atomic mass is 16.5. The maximum atomic E-state index is 11.6. The molecule has 1 rings (SSSR count). The van der Waals surface area contributed by atoms with E-state index < -0.39 is 5.54 Å². The first kappa shape index (κ1) is 14.0. The van der Waals surface area contributed by atoms with E-state index in [1.807, 2.05) is 6.92 Å². The van der Waals surface area contributed by atoms with Crippen molar-refractivity contribution in [2.45, 2.75) is 45.2 Å². The lowest BCUT2D eigenvalue weighted by Gasteiger charge is -2.23. The molecule has 1 aliphatic carbocycles. The van der Waals surface area contributed by atoms with Crippen molar-refractivity contribution in [2.75, 3.05) is 13.7 Å². The molecule has 0 aromatic heterocycles. The number of methoxy groups -OCH3 is 1. The Hall–Kier alpha value is -1.10. The van der Waals surface area contributed by atoms with Crippen molar-refractivity contribution in [3.8, 4) is 0 Å². The number of hydrogen-bond donors (Lipinski definition) is 2. The number of amides is 1. The summed E-state index contributed by atoms with van der Waals surface area (Å²) in [6, 6.07) is 0.227. The summed E-state index contributed by atoms with van der Waals surface area (Å²) in [4.78, 5) is 23.0. The molecule has 0 bridgehead atoms. The molecule has 0 aromatic carbocycles. The standard InChI is InChI=1S/C12H22N2O3/c1-8(9-5-6-9)14-10(15)7-13-12(2,3)11(16)17-4/h8-9,13H,5-7H2,1-4H3,(H,14,15)/t8-/m0/s1. The minimum absolute atomic E-state index is 0.0821. The topological polar surface area (TPSA) is 67.4 Å². The van der Waals surface area contributed by atoms with E-state index in [0.29, 0.717) is 5.92 Å². The molecule has 2 N–H and O–H groups in total. The maximum absolute atomic E-state index is 11.6. The van der Waals surface area contributed by atoms with Crippen molar-refractivity contribution in [1.29, 1.82) is 0 Å². The predicted molar refractivity (Wildman–Crippen MR) is 64.4 cm³/mol. The van der Waals surface area contributed by atoms with Crippen LogP contribution in [0.1, 0.15) is 33.6 Å². The zero-order valence-electron chi connectivity index (χ0n) is 11.0. The summed E-state index contributed by atoms with van der Waals surface area (Å²) in [5.41, 5.74) is -0.838. The van der Waals surface area contributed by atoms with Gasteiger partial charge in [0.05, 0.1) is 13.7 Å². The Bertz CT molecular complexity index is 298. The molecule has 5 heteroatoms. The normalized spacial score (nSPS) is 17.4. The second-order valence-electron chi connectivity index (χ2n) is 5.16. The van der Waals surface area contributed by atoms with Gasteiger partial charge >= 0.3 is 5.97 Å². The number of hydrogen-bond acceptors (Lipinski definition) is 4. The van der Waals surface area contributed by atoms with Crippen LogP contribution in [0.3, 0.4) is 0 Å². The van der Waals surface area contributed by atoms with Crippen LogP contribution in [-0.2, 0) is 14.3 Å². The molecule has 0 heterocycles. The molecule has 5 nitrogen and oxygen atoms in total. The van der Waals surface area contributed by atoms with Crippen molar-refractivity contribution < 1.29 is 14.3 Å². The zero-order valence-corrected chi connectivity index (χ0v) is 11.0. The summed E-state index contributed by atoms with van der Waals surface area (Å²) in [6.45, 7) is 5.52. The molecule has 0 radical (unpaired) electrons. The Morgan fingerprint density at radius 1 is 1.41 bits per heavy atom. The molecule has 1 atom stereocenters. The van der Waals surface area contributed by atoms with Crippen molar-refractivity contribution in [2.24, 2.45) is 5.92 Å². The minimum atomic E-state index is -0.838. The van der Waals surface area contributed by atoms with Gasteiger partial charge in [-0.2, -0.15) is 0 Å². The average molecular weight is 242 g/mol. The van der Waals surface area contributed by atoms with Gasteiger partial charge in [-0.05, 0) is 39.5 Å². The Balaban J connectivity index is 2.29. The van der Waals surface area contributed by atoms with Gasteiger partial charge in [0.2, 0.25) is 5.91 Å². The fraction of sp³-hybridized carbons (Fsp3) is 0.833. The number of ether oxygens (including phenoxy) is 1. The van der Waals surface area contributed by atoms with Gasteiger partial charge in [-0.25, -0.2) is 0 Å². The zero-order chi connectivity index (χ0) is 13.1. The molecule has 0 saturated heterocycles. The monoisotopic (exact) mass is 242 g/mol. The van der Waals surface area contributed by atoms with Gasteiger partial charge in [-0.15, -0.1) is 0 Å². The van der Waals surface area contributed by atoms with E-state index in [4.69, 9.17) is 0 Å². The van der Waals surface area contributed by atoms with E-state index in [1.165, 1.54) is 20.0 Å². The van der Waals surface area contributed by atoms with Crippen LogP contribution in [0.25, 0.3) is 0 Å². The van der Waals surface area contributed by atoms with Gasteiger partial charge < -0.3 is 10.1 Å². The Morgan fingerprint density at radius 3 is 2.47 bits per heavy atom. The SMILES string of the molecule is COC(=O)C(C)(C)NCC(=O)N[C@@H](C)C1CC1. The van der Waals surface area contributed by atoms with E-state index >= 15 is 0 Å². The summed E-state index contributed by atoms with van der Waals surface area (Å²) in [5.74, 6) is 0.175. The number of carbonyl (C=O) groups excluding carboxylic acids is 2. The molecule has 0 aliphatic heterocycles. The number of esters is 1. The fourth-order valence-corrected chi connectivity index (χ4v) is 1.65. The second-order valence-corrected chi connectivity index (χ2v) is 5.16. The van der Waals surface area contributed by atoms with Crippen LogP contribution in [-0.4, -0.2) is 37.1 Å². The highest BCUT2D eigenvalue weighted by Crippen LogP contribution is 2.32. The predicted octanol–water partition coefficient (Wildman–Crippen LogP) is 0.442. The summed E-state index contributed by atoms with van der Waals surface area (Å²) in [6.07, 6.45) is 2.39. The third kappa shape index (κ3) is 4.34. The molecule has 1 saturated carbocycles. The summed E-state index contributed by atoms with van der Waals surface area (Å²) in [5, 5.41) is 5.81. The second kappa shape index (κ2) is 5.49. The summed E-state index contributed by atoms with van der Waals surface area (Å²) in [7, 11) is 1.33. The van der Waals surface area contributed by atoms with Crippen LogP contribution >= 0.6 is 0 Å². The van der Waals surface area contributed by atoms with E-state index in [9.17, 15) is 9.59 Å². The Labute approximate surface area is 102 Å². The molecule has 1 fully saturated rings. The van der Waals surface area contributed by atoms with Gasteiger partial charge in [0.25, 0.3) is 0 Å². The molecule has 1 amide bonds. The molecule has 0 spiro atoms. The van der Waals surface area contributed by atoms with E-state index in [1.54, 1.807) is 13.8 Å². The van der Waals surface area contributed by atoms with Gasteiger partial charge in [-0.1, -0.05) is 0 Å². The third-order valence-electron chi connectivity index (χ3n) is 3.10. The first-order valence-corrected chi connectivity index (χ1v) is 5.99. The highest BCUT2D eigenvalue weighted by Gasteiger charge is 2.31. The number of rotatable bonds is 6. The molecular weight excluding hydrogens is 220 g/mol. The number of nitrogens with one attached hydrogen (secondary N) is 2. The van der Waals surface area contributed by atoms with E-state index in [2.05, 4.69) is 15.4 Å². The van der Waals surface area contributed by atoms with Gasteiger partial charge in [0.1, 0.15) is 5.54 Å². The molecule has 17 heavy (non-hydrogen) atoms. The van der Waals surface area contributed by atoms with Crippen LogP contribution in [0.2, 0.25) is 0 Å². The lowest BCUT2D eigenvalue weighted by atomic mass is 10.1. The van der Waals surface area contributed by atoms with Crippen LogP contribution in [0.4, 0.5) is 0 Å². The maximum Gasteiger partial charge on any atom is 0.325 e. The molecule has 98 valence electrons. The minimum Gasteiger partial charge on any atom is -0.468 e. The summed E-state index contributed by atoms with van der Waals surface area (Å²) >= 11 is 0. The van der Waals surface area contributed by atoms with Crippen LogP contribution in [0, 0.1) is 5.92 Å². The van der Waals surface area contributed by atoms with E-state index in [0.717, 1.165) is 0 Å². The summed E-state index contributed by atoms with van der Waals surface area (Å²) < 4.78 is 4.64. The average Bonchev–Trinajstić information content (AvgIpc) is 3.09. The van der Waals surface area contributed by atoms with Crippen molar-refractivity contribution in [3.63, 3.8) is 0 Å². The molecular formula is C12H22N2O3. The van der Waals surface area contributed by atoms with Crippen LogP contribution in [0.5, 0.6) is 0 Å². The van der Waals surface area contributed by atoms with Crippen molar-refractivity contribution in [3.05, 3.63) is 0 Å². The third-order valence-corrected chi connectivity index (χ3v) is 3.10. The number of carbonyl (C=O) groups is 2. The van der Waals surface area contributed by atoms with Gasteiger partial charge in [-0.3, -0.25) is 14.9 Å². The fourth-order valence-electron chi connectivity index (χ4n) is 1.65. The van der Waals surface area contributed by atoms with E-state index in [-0.39, 0.29) is 24.5 Å². The Kier molecular flexibility index (Phi) is 4.51. The molecule has 1 aliphatic rings. The molecule has 0 aromatic rings. The molecule has 0 unspecified atom stereocenters. The Morgan fingerprint density at radius 2 is 2.00 bits per heavy atom. The van der Waals surface area contributed by atoms with Crippen LogP contribution in [0.15, 0.2) is 0 Å². The first-order valence-electron chi connectivity index (χ1n) is 5.99. The lowest BCUT2D eigenvalue weighted by Crippen LogP contribution is -2.52. The van der Waals surface area contributed by atoms with Crippen LogP contribution < -0.4 is 10.6 Å². The first-order chi connectivity index (χ1) is 7.86. The lowest BCUT2D eigenvalue weighted by molar-refractivity contribution is -0.147. The van der Waals surface area contributed by atoms with Crippen molar-refractivity contribution in [1.82, 2.24) is 10.6 Å².